The molecule has 2 aromatic heterocycles. The molecule has 0 saturated carbocycles. The Hall–Kier alpha value is -4.95. The van der Waals surface area contributed by atoms with Crippen molar-refractivity contribution in [2.75, 3.05) is 12.3 Å². The molecule has 18 heteroatoms. The van der Waals surface area contributed by atoms with Crippen LogP contribution in [0.3, 0.4) is 0 Å². The van der Waals surface area contributed by atoms with Gasteiger partial charge in [-0.1, -0.05) is 54.4 Å². The SMILES string of the molecule is Cc1ccc(OP(=O)(OC[C@@]2(N=[N+]=[N-])O[C@@H](n3cnc4c(=O)[nH]c(N)nc43)[C@H](F)[C@@H]2OC(=O)C(C)C)Oc2ccc(C)cc2)cc1. The fourth-order valence-electron chi connectivity index (χ4n) is 4.50. The number of alkyl halides is 1. The second kappa shape index (κ2) is 12.8. The number of nitrogen functional groups attached to an aromatic ring is 1. The number of azide groups is 1. The number of fused-ring (bicyclic) bond motifs is 1. The van der Waals surface area contributed by atoms with E-state index in [1.807, 2.05) is 13.8 Å². The third-order valence-electron chi connectivity index (χ3n) is 6.89. The van der Waals surface area contributed by atoms with Crippen LogP contribution in [0.15, 0.2) is 64.8 Å². The third kappa shape index (κ3) is 6.67. The highest BCUT2D eigenvalue weighted by Crippen LogP contribution is 2.52. The highest BCUT2D eigenvalue weighted by molar-refractivity contribution is 7.49. The van der Waals surface area contributed by atoms with Gasteiger partial charge in [-0.15, -0.1) is 0 Å². The Morgan fingerprint density at radius 3 is 2.30 bits per heavy atom. The Bertz CT molecular complexity index is 1840. The van der Waals surface area contributed by atoms with Crippen molar-refractivity contribution >= 4 is 30.9 Å². The summed E-state index contributed by atoms with van der Waals surface area (Å²) in [5.74, 6) is -1.67. The number of nitrogens with two attached hydrogens (primary N) is 1. The fourth-order valence-corrected chi connectivity index (χ4v) is 5.74. The number of phosphoric acid groups is 1. The lowest BCUT2D eigenvalue weighted by Gasteiger charge is -2.30. The van der Waals surface area contributed by atoms with Crippen molar-refractivity contribution in [2.45, 2.75) is 51.9 Å². The van der Waals surface area contributed by atoms with E-state index < -0.39 is 56.1 Å². The van der Waals surface area contributed by atoms with Crippen molar-refractivity contribution in [3.8, 4) is 11.5 Å². The van der Waals surface area contributed by atoms with Crippen molar-refractivity contribution in [1.82, 2.24) is 19.5 Å². The van der Waals surface area contributed by atoms with Crippen LogP contribution < -0.4 is 20.3 Å². The predicted octanol–water partition coefficient (Wildman–Crippen LogP) is 5.04. The number of rotatable bonds is 11. The lowest BCUT2D eigenvalue weighted by atomic mass is 10.1. The summed E-state index contributed by atoms with van der Waals surface area (Å²) in [6.07, 6.45) is -4.89. The van der Waals surface area contributed by atoms with E-state index in [-0.39, 0.29) is 28.6 Å². The number of halogens is 1. The zero-order valence-electron chi connectivity index (χ0n) is 25.1. The number of nitrogens with zero attached hydrogens (tertiary/aromatic N) is 6. The number of benzene rings is 2. The number of esters is 1. The Balaban J connectivity index is 1.55. The molecule has 0 aliphatic carbocycles. The normalized spacial score (nSPS) is 21.2. The van der Waals surface area contributed by atoms with Crippen LogP contribution in [-0.4, -0.2) is 50.1 Å². The van der Waals surface area contributed by atoms with Gasteiger partial charge in [-0.3, -0.25) is 23.7 Å². The van der Waals surface area contributed by atoms with Gasteiger partial charge in [0.25, 0.3) is 5.56 Å². The summed E-state index contributed by atoms with van der Waals surface area (Å²) in [4.78, 5) is 38.2. The van der Waals surface area contributed by atoms with Crippen LogP contribution >= 0.6 is 7.82 Å². The summed E-state index contributed by atoms with van der Waals surface area (Å²) in [5, 5.41) is 3.65. The number of aromatic nitrogens is 4. The molecule has 242 valence electrons. The highest BCUT2D eigenvalue weighted by Gasteiger charge is 2.60. The number of imidazole rings is 1. The molecule has 2 aromatic carbocycles. The topological polar surface area (TPSA) is 219 Å². The van der Waals surface area contributed by atoms with Crippen LogP contribution in [0.2, 0.25) is 0 Å². The van der Waals surface area contributed by atoms with Crippen molar-refractivity contribution in [1.29, 1.82) is 0 Å². The predicted molar refractivity (Wildman–Crippen MR) is 161 cm³/mol. The fraction of sp³-hybridized carbons (Fsp3) is 0.357. The monoisotopic (exact) mass is 656 g/mol. The Morgan fingerprint density at radius 1 is 1.17 bits per heavy atom. The van der Waals surface area contributed by atoms with Gasteiger partial charge in [0.15, 0.2) is 29.7 Å². The Morgan fingerprint density at radius 2 is 1.76 bits per heavy atom. The first-order valence-electron chi connectivity index (χ1n) is 13.9. The minimum Gasteiger partial charge on any atom is -0.456 e. The minimum atomic E-state index is -4.66. The molecule has 0 spiro atoms. The summed E-state index contributed by atoms with van der Waals surface area (Å²) in [5.41, 5.74) is 13.5. The van der Waals surface area contributed by atoms with E-state index in [2.05, 4.69) is 25.0 Å². The number of phosphoric ester groups is 1. The largest absolute Gasteiger partial charge is 0.587 e. The quantitative estimate of drug-likeness (QED) is 0.0716. The van der Waals surface area contributed by atoms with Crippen LogP contribution in [0.25, 0.3) is 21.6 Å². The van der Waals surface area contributed by atoms with E-state index >= 15 is 4.39 Å². The second-order valence-electron chi connectivity index (χ2n) is 10.8. The lowest BCUT2D eigenvalue weighted by molar-refractivity contribution is -0.170. The molecule has 3 N–H and O–H groups in total. The maximum absolute atomic E-state index is 16.4. The molecule has 0 amide bonds. The van der Waals surface area contributed by atoms with Gasteiger partial charge in [0.1, 0.15) is 11.5 Å². The number of aromatic amines is 1. The van der Waals surface area contributed by atoms with E-state index in [1.54, 1.807) is 24.3 Å². The molecule has 0 bridgehead atoms. The molecule has 46 heavy (non-hydrogen) atoms. The van der Waals surface area contributed by atoms with Gasteiger partial charge in [-0.25, -0.2) is 13.9 Å². The van der Waals surface area contributed by atoms with Gasteiger partial charge < -0.3 is 24.3 Å². The maximum atomic E-state index is 16.4. The molecule has 0 radical (unpaired) electrons. The Labute approximate surface area is 260 Å². The molecule has 3 heterocycles. The van der Waals surface area contributed by atoms with Crippen LogP contribution in [0.1, 0.15) is 31.2 Å². The first-order chi connectivity index (χ1) is 21.8. The number of aryl methyl sites for hydroxylation is 2. The van der Waals surface area contributed by atoms with E-state index in [1.165, 1.54) is 38.1 Å². The number of H-pyrrole nitrogens is 1. The van der Waals surface area contributed by atoms with Gasteiger partial charge in [0.05, 0.1) is 18.9 Å². The van der Waals surface area contributed by atoms with Crippen LogP contribution in [0, 0.1) is 19.8 Å². The standard InChI is InChI=1S/C28H30FN8O8P/c1-15(2)26(39)42-22-20(29)25(37-14-32-21-23(37)33-27(30)34-24(21)38)43-28(22,35-36-31)13-41-46(40,44-18-9-5-16(3)6-10-18)45-19-11-7-17(4)8-12-19/h5-12,14-15,20,22,25H,13H2,1-4H3,(H3,30,33,34,38)/t20-,22+,25-,28-/m1/s1. The number of anilines is 1. The molecule has 5 rings (SSSR count). The average Bonchev–Trinajstić information content (AvgIpc) is 3.54. The molecule has 4 atom stereocenters. The van der Waals surface area contributed by atoms with E-state index in [4.69, 9.17) is 28.8 Å². The third-order valence-corrected chi connectivity index (χ3v) is 8.20. The van der Waals surface area contributed by atoms with Crippen molar-refractivity contribution < 1.29 is 36.8 Å². The summed E-state index contributed by atoms with van der Waals surface area (Å²) < 4.78 is 60.1. The minimum absolute atomic E-state index is 0.106. The summed E-state index contributed by atoms with van der Waals surface area (Å²) in [6, 6.07) is 12.9. The van der Waals surface area contributed by atoms with Crippen LogP contribution in [-0.2, 0) is 23.4 Å². The van der Waals surface area contributed by atoms with Crippen LogP contribution in [0.5, 0.6) is 11.5 Å². The molecular weight excluding hydrogens is 626 g/mol. The van der Waals surface area contributed by atoms with Gasteiger partial charge in [-0.05, 0) is 43.6 Å². The summed E-state index contributed by atoms with van der Waals surface area (Å²) in [7, 11) is -4.66. The zero-order chi connectivity index (χ0) is 33.2. The molecule has 16 nitrogen and oxygen atoms in total. The molecule has 0 unspecified atom stereocenters. The number of nitrogens with one attached hydrogen (secondary N) is 1. The summed E-state index contributed by atoms with van der Waals surface area (Å²) in [6.45, 7) is 5.72. The van der Waals surface area contributed by atoms with Gasteiger partial charge in [0, 0.05) is 4.91 Å². The molecule has 4 aromatic rings. The zero-order valence-corrected chi connectivity index (χ0v) is 26.0. The van der Waals surface area contributed by atoms with E-state index in [0.717, 1.165) is 22.0 Å². The number of ether oxygens (including phenoxy) is 2. The van der Waals surface area contributed by atoms with Crippen LogP contribution in [0.4, 0.5) is 10.3 Å². The highest BCUT2D eigenvalue weighted by atomic mass is 31.2. The Kier molecular flexibility index (Phi) is 9.03. The molecule has 1 aliphatic rings. The smallest absolute Gasteiger partial charge is 0.456 e. The average molecular weight is 657 g/mol. The number of carbonyl (C=O) groups is 1. The number of hydrogen-bond donors (Lipinski definition) is 2. The second-order valence-corrected chi connectivity index (χ2v) is 12.3. The van der Waals surface area contributed by atoms with Crippen molar-refractivity contribution in [3.05, 3.63) is 86.8 Å². The number of carbonyl (C=O) groups excluding carboxylic acids is 1. The van der Waals surface area contributed by atoms with E-state index in [9.17, 15) is 19.7 Å². The molecule has 1 saturated heterocycles. The first kappa shape index (κ1) is 32.4. The maximum Gasteiger partial charge on any atom is 0.587 e. The van der Waals surface area contributed by atoms with Gasteiger partial charge in [0.2, 0.25) is 11.7 Å². The first-order valence-corrected chi connectivity index (χ1v) is 15.4. The van der Waals surface area contributed by atoms with Gasteiger partial charge >= 0.3 is 13.8 Å². The summed E-state index contributed by atoms with van der Waals surface area (Å²) >= 11 is 0. The molecule has 1 aliphatic heterocycles. The molecule has 1 fully saturated rings. The lowest BCUT2D eigenvalue weighted by Crippen LogP contribution is -2.47. The van der Waals surface area contributed by atoms with E-state index in [0.29, 0.717) is 0 Å². The van der Waals surface area contributed by atoms with Crippen molar-refractivity contribution in [2.24, 2.45) is 11.0 Å². The van der Waals surface area contributed by atoms with Crippen molar-refractivity contribution in [3.63, 3.8) is 0 Å². The number of hydrogen-bond acceptors (Lipinski definition) is 12. The van der Waals surface area contributed by atoms with Gasteiger partial charge in [-0.2, -0.15) is 4.98 Å². The molecular formula is C28H30FN8O8P.